The lowest BCUT2D eigenvalue weighted by Gasteiger charge is -2.18. The number of benzene rings is 2. The van der Waals surface area contributed by atoms with E-state index in [0.717, 1.165) is 17.9 Å². The van der Waals surface area contributed by atoms with Crippen molar-refractivity contribution in [3.8, 4) is 17.2 Å². The molecule has 168 valence electrons. The minimum absolute atomic E-state index is 0.273. The predicted octanol–water partition coefficient (Wildman–Crippen LogP) is 3.28. The van der Waals surface area contributed by atoms with E-state index in [1.165, 1.54) is 12.8 Å². The molecule has 1 aliphatic carbocycles. The Balaban J connectivity index is 1.64. The van der Waals surface area contributed by atoms with Gasteiger partial charge < -0.3 is 30.0 Å². The highest BCUT2D eigenvalue weighted by atomic mass is 16.5. The lowest BCUT2D eigenvalue weighted by atomic mass is 10.1. The van der Waals surface area contributed by atoms with Gasteiger partial charge in [0.2, 0.25) is 0 Å². The van der Waals surface area contributed by atoms with E-state index in [9.17, 15) is 5.11 Å². The number of guanidine groups is 1. The first kappa shape index (κ1) is 22.7. The third kappa shape index (κ3) is 6.79. The van der Waals surface area contributed by atoms with Gasteiger partial charge in [-0.25, -0.2) is 4.99 Å². The molecule has 0 aromatic heterocycles. The number of nitrogens with one attached hydrogen (secondary N) is 2. The summed E-state index contributed by atoms with van der Waals surface area (Å²) in [5, 5.41) is 17.2. The Morgan fingerprint density at radius 3 is 2.61 bits per heavy atom. The highest BCUT2D eigenvalue weighted by molar-refractivity contribution is 5.79. The molecular formula is C24H33N3O4. The molecule has 7 nitrogen and oxygen atoms in total. The fraction of sp³-hybridized carbons (Fsp3) is 0.458. The zero-order valence-corrected chi connectivity index (χ0v) is 18.6. The molecule has 0 heterocycles. The SMILES string of the molecule is CCNC(=NCc1ccccc1OCC1CC1)NCC(O)c1cc(OC)ccc1OC. The summed E-state index contributed by atoms with van der Waals surface area (Å²) in [4.78, 5) is 4.68. The molecule has 1 aliphatic rings. The van der Waals surface area contributed by atoms with Crippen LogP contribution in [0.25, 0.3) is 0 Å². The molecule has 3 rings (SSSR count). The van der Waals surface area contributed by atoms with E-state index >= 15 is 0 Å². The summed E-state index contributed by atoms with van der Waals surface area (Å²) in [5.41, 5.74) is 1.69. The number of nitrogens with zero attached hydrogens (tertiary/aromatic N) is 1. The lowest BCUT2D eigenvalue weighted by molar-refractivity contribution is 0.176. The number of aliphatic imine (C=N–C) groups is 1. The van der Waals surface area contributed by atoms with Crippen molar-refractivity contribution in [3.05, 3.63) is 53.6 Å². The maximum Gasteiger partial charge on any atom is 0.191 e. The molecule has 1 atom stereocenters. The van der Waals surface area contributed by atoms with E-state index in [-0.39, 0.29) is 6.54 Å². The molecule has 3 N–H and O–H groups in total. The molecule has 2 aromatic rings. The standard InChI is InChI=1S/C24H33N3O4/c1-4-25-24(26-14-18-7-5-6-8-22(18)31-16-17-9-10-17)27-15-21(28)20-13-19(29-2)11-12-23(20)30-3/h5-8,11-13,17,21,28H,4,9-10,14-16H2,1-3H3,(H2,25,26,27). The monoisotopic (exact) mass is 427 g/mol. The molecule has 0 aliphatic heterocycles. The van der Waals surface area contributed by atoms with Crippen molar-refractivity contribution in [1.82, 2.24) is 10.6 Å². The topological polar surface area (TPSA) is 84.3 Å². The minimum atomic E-state index is -0.789. The Labute approximate surface area is 184 Å². The Kier molecular flexibility index (Phi) is 8.41. The van der Waals surface area contributed by atoms with E-state index in [2.05, 4.69) is 15.6 Å². The molecule has 0 spiro atoms. The maximum atomic E-state index is 10.7. The fourth-order valence-electron chi connectivity index (χ4n) is 3.18. The van der Waals surface area contributed by atoms with Crippen molar-refractivity contribution in [1.29, 1.82) is 0 Å². The van der Waals surface area contributed by atoms with Crippen molar-refractivity contribution >= 4 is 5.96 Å². The van der Waals surface area contributed by atoms with Crippen LogP contribution in [0.3, 0.4) is 0 Å². The predicted molar refractivity (Wildman–Crippen MR) is 122 cm³/mol. The second-order valence-electron chi connectivity index (χ2n) is 7.56. The van der Waals surface area contributed by atoms with Crippen LogP contribution in [0.2, 0.25) is 0 Å². The third-order valence-corrected chi connectivity index (χ3v) is 5.15. The Morgan fingerprint density at radius 2 is 1.90 bits per heavy atom. The highest BCUT2D eigenvalue weighted by Gasteiger charge is 2.22. The molecule has 1 unspecified atom stereocenters. The molecule has 0 saturated heterocycles. The van der Waals surface area contributed by atoms with Gasteiger partial charge in [-0.15, -0.1) is 0 Å². The minimum Gasteiger partial charge on any atom is -0.497 e. The summed E-state index contributed by atoms with van der Waals surface area (Å²) >= 11 is 0. The van der Waals surface area contributed by atoms with Crippen LogP contribution < -0.4 is 24.8 Å². The second kappa shape index (κ2) is 11.5. The molecular weight excluding hydrogens is 394 g/mol. The van der Waals surface area contributed by atoms with Crippen LogP contribution in [0.1, 0.15) is 37.0 Å². The number of aliphatic hydroxyl groups is 1. The fourth-order valence-corrected chi connectivity index (χ4v) is 3.18. The van der Waals surface area contributed by atoms with Crippen molar-refractivity contribution < 1.29 is 19.3 Å². The van der Waals surface area contributed by atoms with Crippen LogP contribution in [0, 0.1) is 5.92 Å². The number of aliphatic hydroxyl groups excluding tert-OH is 1. The van der Waals surface area contributed by atoms with Gasteiger partial charge in [0.15, 0.2) is 5.96 Å². The Morgan fingerprint density at radius 1 is 1.10 bits per heavy atom. The second-order valence-corrected chi connectivity index (χ2v) is 7.56. The number of methoxy groups -OCH3 is 2. The number of para-hydroxylation sites is 1. The molecule has 1 fully saturated rings. The molecule has 0 bridgehead atoms. The summed E-state index contributed by atoms with van der Waals surface area (Å²) < 4.78 is 16.6. The highest BCUT2D eigenvalue weighted by Crippen LogP contribution is 2.31. The molecule has 0 amide bonds. The Hall–Kier alpha value is -2.93. The first-order valence-electron chi connectivity index (χ1n) is 10.8. The van der Waals surface area contributed by atoms with Crippen molar-refractivity contribution in [3.63, 3.8) is 0 Å². The summed E-state index contributed by atoms with van der Waals surface area (Å²) in [7, 11) is 3.18. The average molecular weight is 428 g/mol. The summed E-state index contributed by atoms with van der Waals surface area (Å²) in [6, 6.07) is 13.4. The van der Waals surface area contributed by atoms with E-state index in [4.69, 9.17) is 14.2 Å². The van der Waals surface area contributed by atoms with Gasteiger partial charge in [-0.2, -0.15) is 0 Å². The first-order chi connectivity index (χ1) is 15.1. The van der Waals surface area contributed by atoms with Gasteiger partial charge >= 0.3 is 0 Å². The van der Waals surface area contributed by atoms with E-state index in [1.54, 1.807) is 32.4 Å². The van der Waals surface area contributed by atoms with Crippen molar-refractivity contribution in [2.45, 2.75) is 32.4 Å². The van der Waals surface area contributed by atoms with Crippen LogP contribution in [-0.2, 0) is 6.54 Å². The third-order valence-electron chi connectivity index (χ3n) is 5.15. The average Bonchev–Trinajstić information content (AvgIpc) is 3.64. The molecule has 31 heavy (non-hydrogen) atoms. The van der Waals surface area contributed by atoms with Gasteiger partial charge in [0.1, 0.15) is 17.2 Å². The van der Waals surface area contributed by atoms with Crippen LogP contribution in [0.15, 0.2) is 47.5 Å². The Bertz CT molecular complexity index is 868. The van der Waals surface area contributed by atoms with Crippen LogP contribution in [-0.4, -0.2) is 45.0 Å². The van der Waals surface area contributed by atoms with Crippen LogP contribution >= 0.6 is 0 Å². The number of rotatable bonds is 11. The van der Waals surface area contributed by atoms with Gasteiger partial charge in [-0.1, -0.05) is 18.2 Å². The molecule has 1 saturated carbocycles. The molecule has 0 radical (unpaired) electrons. The van der Waals surface area contributed by atoms with Gasteiger partial charge in [0, 0.05) is 24.2 Å². The summed E-state index contributed by atoms with van der Waals surface area (Å²) in [6.45, 7) is 4.24. The van der Waals surface area contributed by atoms with E-state index in [1.807, 2.05) is 31.2 Å². The largest absolute Gasteiger partial charge is 0.497 e. The lowest BCUT2D eigenvalue weighted by Crippen LogP contribution is -2.39. The maximum absolute atomic E-state index is 10.7. The zero-order chi connectivity index (χ0) is 22.1. The van der Waals surface area contributed by atoms with Gasteiger partial charge in [-0.05, 0) is 49.9 Å². The van der Waals surface area contributed by atoms with E-state index < -0.39 is 6.10 Å². The number of hydrogen-bond donors (Lipinski definition) is 3. The smallest absolute Gasteiger partial charge is 0.191 e. The summed E-state index contributed by atoms with van der Waals surface area (Å²) in [5.74, 6) is 3.48. The first-order valence-corrected chi connectivity index (χ1v) is 10.8. The molecule has 2 aromatic carbocycles. The summed E-state index contributed by atoms with van der Waals surface area (Å²) in [6.07, 6.45) is 1.73. The number of ether oxygens (including phenoxy) is 3. The van der Waals surface area contributed by atoms with Crippen LogP contribution in [0.5, 0.6) is 17.2 Å². The van der Waals surface area contributed by atoms with Crippen molar-refractivity contribution in [2.75, 3.05) is 33.9 Å². The number of hydrogen-bond acceptors (Lipinski definition) is 5. The zero-order valence-electron chi connectivity index (χ0n) is 18.6. The van der Waals surface area contributed by atoms with Crippen LogP contribution in [0.4, 0.5) is 0 Å². The van der Waals surface area contributed by atoms with E-state index in [0.29, 0.717) is 42.0 Å². The van der Waals surface area contributed by atoms with Gasteiger partial charge in [0.05, 0.1) is 33.5 Å². The van der Waals surface area contributed by atoms with Gasteiger partial charge in [-0.3, -0.25) is 0 Å². The quantitative estimate of drug-likeness (QED) is 0.377. The van der Waals surface area contributed by atoms with Crippen molar-refractivity contribution in [2.24, 2.45) is 10.9 Å². The normalized spacial score (nSPS) is 14.6. The molecule has 7 heteroatoms. The van der Waals surface area contributed by atoms with Gasteiger partial charge in [0.25, 0.3) is 0 Å².